The zero-order valence-electron chi connectivity index (χ0n) is 11.1. The average Bonchev–Trinajstić information content (AvgIpc) is 2.50. The molecule has 2 heterocycles. The van der Waals surface area contributed by atoms with E-state index in [1.165, 1.54) is 13.3 Å². The van der Waals surface area contributed by atoms with E-state index in [2.05, 4.69) is 14.7 Å². The first-order valence-corrected chi connectivity index (χ1v) is 6.05. The maximum Gasteiger partial charge on any atom is 0.339 e. The van der Waals surface area contributed by atoms with Crippen LogP contribution < -0.4 is 4.74 Å². The molecule has 0 aliphatic rings. The maximum atomic E-state index is 11.5. The number of hydrogen-bond acceptors (Lipinski definition) is 5. The summed E-state index contributed by atoms with van der Waals surface area (Å²) in [5.41, 5.74) is 1.72. The Morgan fingerprint density at radius 2 is 2.00 bits per heavy atom. The Kier molecular flexibility index (Phi) is 2.95. The smallest absolute Gasteiger partial charge is 0.339 e. The monoisotopic (exact) mass is 268 g/mol. The van der Waals surface area contributed by atoms with Crippen molar-refractivity contribution in [2.45, 2.75) is 0 Å². The highest BCUT2D eigenvalue weighted by molar-refractivity contribution is 5.97. The van der Waals surface area contributed by atoms with Crippen LogP contribution in [-0.2, 0) is 4.74 Å². The molecule has 0 aliphatic carbocycles. The number of para-hydroxylation sites is 1. The molecule has 3 rings (SSSR count). The second kappa shape index (κ2) is 4.77. The average molecular weight is 268 g/mol. The summed E-state index contributed by atoms with van der Waals surface area (Å²) >= 11 is 0. The fraction of sp³-hybridized carbons (Fsp3) is 0.133. The summed E-state index contributed by atoms with van der Waals surface area (Å²) in [5, 5.41) is 1.72. The van der Waals surface area contributed by atoms with E-state index in [1.807, 2.05) is 24.3 Å². The fourth-order valence-corrected chi connectivity index (χ4v) is 2.12. The standard InChI is InChI=1S/C15H12N2O3/c1-19-12-5-3-4-9-6-10-7-11(15(18)20-2)8-16-14(10)17-13(9)12/h3-8H,1-2H3. The molecule has 0 saturated heterocycles. The van der Waals surface area contributed by atoms with Gasteiger partial charge in [0.15, 0.2) is 5.65 Å². The van der Waals surface area contributed by atoms with Gasteiger partial charge in [-0.15, -0.1) is 0 Å². The molecule has 0 unspecified atom stereocenters. The summed E-state index contributed by atoms with van der Waals surface area (Å²) in [6.07, 6.45) is 1.46. The Hall–Kier alpha value is -2.69. The fourth-order valence-electron chi connectivity index (χ4n) is 2.12. The Balaban J connectivity index is 2.27. The number of ether oxygens (including phenoxy) is 2. The van der Waals surface area contributed by atoms with Crippen LogP contribution in [0.5, 0.6) is 5.75 Å². The van der Waals surface area contributed by atoms with Crippen LogP contribution in [0, 0.1) is 0 Å². The van der Waals surface area contributed by atoms with Gasteiger partial charge in [-0.1, -0.05) is 12.1 Å². The van der Waals surface area contributed by atoms with Crippen LogP contribution in [0.2, 0.25) is 0 Å². The van der Waals surface area contributed by atoms with Gasteiger partial charge in [0.05, 0.1) is 19.8 Å². The Labute approximate surface area is 115 Å². The third-order valence-electron chi connectivity index (χ3n) is 3.10. The van der Waals surface area contributed by atoms with Crippen LogP contribution in [-0.4, -0.2) is 30.2 Å². The molecule has 3 aromatic rings. The number of hydrogen-bond donors (Lipinski definition) is 0. The predicted octanol–water partition coefficient (Wildman–Crippen LogP) is 2.58. The van der Waals surface area contributed by atoms with Crippen LogP contribution in [0.25, 0.3) is 21.9 Å². The van der Waals surface area contributed by atoms with Crippen LogP contribution in [0.1, 0.15) is 10.4 Å². The summed E-state index contributed by atoms with van der Waals surface area (Å²) in [6.45, 7) is 0. The lowest BCUT2D eigenvalue weighted by Gasteiger charge is -2.06. The molecule has 0 saturated carbocycles. The number of aromatic nitrogens is 2. The van der Waals surface area contributed by atoms with E-state index in [0.29, 0.717) is 17.0 Å². The zero-order valence-corrected chi connectivity index (χ0v) is 11.1. The molecule has 1 aromatic carbocycles. The van der Waals surface area contributed by atoms with E-state index in [4.69, 9.17) is 4.74 Å². The van der Waals surface area contributed by atoms with Crippen LogP contribution in [0.15, 0.2) is 36.5 Å². The van der Waals surface area contributed by atoms with Gasteiger partial charge in [-0.3, -0.25) is 0 Å². The largest absolute Gasteiger partial charge is 0.494 e. The van der Waals surface area contributed by atoms with Crippen molar-refractivity contribution in [2.24, 2.45) is 0 Å². The van der Waals surface area contributed by atoms with E-state index >= 15 is 0 Å². The van der Waals surface area contributed by atoms with E-state index in [1.54, 1.807) is 13.2 Å². The highest BCUT2D eigenvalue weighted by atomic mass is 16.5. The predicted molar refractivity (Wildman–Crippen MR) is 74.9 cm³/mol. The van der Waals surface area contributed by atoms with E-state index < -0.39 is 5.97 Å². The van der Waals surface area contributed by atoms with Crippen molar-refractivity contribution in [3.8, 4) is 5.75 Å². The number of rotatable bonds is 2. The first-order chi connectivity index (χ1) is 9.72. The van der Waals surface area contributed by atoms with Gasteiger partial charge in [-0.25, -0.2) is 14.8 Å². The molecule has 0 bridgehead atoms. The topological polar surface area (TPSA) is 61.3 Å². The third kappa shape index (κ3) is 1.93. The van der Waals surface area contributed by atoms with E-state index in [9.17, 15) is 4.79 Å². The van der Waals surface area contributed by atoms with Gasteiger partial charge in [0, 0.05) is 17.0 Å². The van der Waals surface area contributed by atoms with Crippen molar-refractivity contribution in [1.29, 1.82) is 0 Å². The molecular formula is C15H12N2O3. The van der Waals surface area contributed by atoms with Crippen LogP contribution in [0.3, 0.4) is 0 Å². The van der Waals surface area contributed by atoms with Gasteiger partial charge in [0.1, 0.15) is 11.3 Å². The zero-order chi connectivity index (χ0) is 14.1. The summed E-state index contributed by atoms with van der Waals surface area (Å²) in [7, 11) is 2.95. The lowest BCUT2D eigenvalue weighted by molar-refractivity contribution is 0.0600. The number of methoxy groups -OCH3 is 2. The molecular weight excluding hydrogens is 256 g/mol. The Bertz CT molecular complexity index is 815. The number of carbonyl (C=O) groups excluding carboxylic acids is 1. The Morgan fingerprint density at radius 1 is 1.15 bits per heavy atom. The minimum Gasteiger partial charge on any atom is -0.494 e. The lowest BCUT2D eigenvalue weighted by atomic mass is 10.1. The molecule has 5 heteroatoms. The molecule has 0 aliphatic heterocycles. The summed E-state index contributed by atoms with van der Waals surface area (Å²) in [5.74, 6) is 0.286. The third-order valence-corrected chi connectivity index (χ3v) is 3.10. The van der Waals surface area contributed by atoms with Gasteiger partial charge in [-0.2, -0.15) is 0 Å². The van der Waals surface area contributed by atoms with Crippen molar-refractivity contribution in [2.75, 3.05) is 14.2 Å². The number of fused-ring (bicyclic) bond motifs is 2. The number of benzene rings is 1. The first kappa shape index (κ1) is 12.3. The second-order valence-corrected chi connectivity index (χ2v) is 4.28. The first-order valence-electron chi connectivity index (χ1n) is 6.05. The van der Waals surface area contributed by atoms with Crippen molar-refractivity contribution >= 4 is 27.9 Å². The van der Waals surface area contributed by atoms with Crippen LogP contribution in [0.4, 0.5) is 0 Å². The highest BCUT2D eigenvalue weighted by Crippen LogP contribution is 2.26. The number of pyridine rings is 2. The minimum absolute atomic E-state index is 0.407. The maximum absolute atomic E-state index is 11.5. The second-order valence-electron chi connectivity index (χ2n) is 4.28. The van der Waals surface area contributed by atoms with Crippen molar-refractivity contribution in [1.82, 2.24) is 9.97 Å². The SMILES string of the molecule is COC(=O)c1cnc2nc3c(OC)cccc3cc2c1. The van der Waals surface area contributed by atoms with Crippen molar-refractivity contribution < 1.29 is 14.3 Å². The molecule has 0 spiro atoms. The van der Waals surface area contributed by atoms with Crippen LogP contribution >= 0.6 is 0 Å². The molecule has 0 atom stereocenters. The van der Waals surface area contributed by atoms with E-state index in [0.717, 1.165) is 16.3 Å². The van der Waals surface area contributed by atoms with E-state index in [-0.39, 0.29) is 0 Å². The normalized spacial score (nSPS) is 10.7. The molecule has 2 aromatic heterocycles. The molecule has 20 heavy (non-hydrogen) atoms. The molecule has 100 valence electrons. The van der Waals surface area contributed by atoms with Gasteiger partial charge < -0.3 is 9.47 Å². The lowest BCUT2D eigenvalue weighted by Crippen LogP contribution is -2.02. The summed E-state index contributed by atoms with van der Waals surface area (Å²) < 4.78 is 9.98. The van der Waals surface area contributed by atoms with Gasteiger partial charge in [0.2, 0.25) is 0 Å². The molecule has 0 amide bonds. The summed E-state index contributed by atoms with van der Waals surface area (Å²) in [6, 6.07) is 9.34. The Morgan fingerprint density at radius 3 is 2.75 bits per heavy atom. The summed E-state index contributed by atoms with van der Waals surface area (Å²) in [4.78, 5) is 20.2. The van der Waals surface area contributed by atoms with Gasteiger partial charge >= 0.3 is 5.97 Å². The number of esters is 1. The minimum atomic E-state index is -0.412. The molecule has 0 radical (unpaired) electrons. The van der Waals surface area contributed by atoms with Gasteiger partial charge in [-0.05, 0) is 18.2 Å². The van der Waals surface area contributed by atoms with Gasteiger partial charge in [0.25, 0.3) is 0 Å². The molecule has 0 fully saturated rings. The van der Waals surface area contributed by atoms with Crippen molar-refractivity contribution in [3.63, 3.8) is 0 Å². The number of carbonyl (C=O) groups is 1. The van der Waals surface area contributed by atoms with Crippen molar-refractivity contribution in [3.05, 3.63) is 42.1 Å². The molecule has 0 N–H and O–H groups in total. The molecule has 5 nitrogen and oxygen atoms in total. The highest BCUT2D eigenvalue weighted by Gasteiger charge is 2.10. The quantitative estimate of drug-likeness (QED) is 0.528. The number of nitrogens with zero attached hydrogens (tertiary/aromatic N) is 2.